The molecule has 2 amide bonds. The van der Waals surface area contributed by atoms with E-state index in [2.05, 4.69) is 36.0 Å². The number of anilines is 1. The molecule has 3 aromatic heterocycles. The first-order chi connectivity index (χ1) is 17.3. The minimum absolute atomic E-state index is 0.0169. The number of H-pyrrole nitrogens is 1. The Balaban J connectivity index is 1.76. The number of aromatic nitrogens is 5. The number of hydrogen-bond acceptors (Lipinski definition) is 7. The quantitative estimate of drug-likeness (QED) is 0.270. The van der Waals surface area contributed by atoms with Gasteiger partial charge in [-0.2, -0.15) is 23.4 Å². The summed E-state index contributed by atoms with van der Waals surface area (Å²) in [5.74, 6) is -0.203. The maximum Gasteiger partial charge on any atom is 0.435 e. The van der Waals surface area contributed by atoms with E-state index >= 15 is 0 Å². The van der Waals surface area contributed by atoms with Crippen molar-refractivity contribution < 1.29 is 31.5 Å². The van der Waals surface area contributed by atoms with Crippen molar-refractivity contribution in [1.29, 1.82) is 0 Å². The average molecular weight is 549 g/mol. The molecule has 0 radical (unpaired) electrons. The number of carbonyl (C=O) groups excluding carboxylic acids is 1. The Morgan fingerprint density at radius 3 is 2.59 bits per heavy atom. The maximum atomic E-state index is 13.5. The number of alkyl halides is 5. The van der Waals surface area contributed by atoms with Crippen LogP contribution >= 0.6 is 11.6 Å². The molecule has 0 saturated heterocycles. The molecule has 16 heteroatoms. The number of pyridine rings is 1. The fraction of sp³-hybridized carbons (Fsp3) is 0.381. The van der Waals surface area contributed by atoms with E-state index < -0.39 is 30.9 Å². The molecule has 0 saturated carbocycles. The van der Waals surface area contributed by atoms with E-state index in [-0.39, 0.29) is 52.5 Å². The molecule has 37 heavy (non-hydrogen) atoms. The molecule has 10 nitrogen and oxygen atoms in total. The third-order valence-electron chi connectivity index (χ3n) is 4.68. The topological polar surface area (TPSA) is 121 Å². The van der Waals surface area contributed by atoms with E-state index in [4.69, 9.17) is 16.3 Å². The second kappa shape index (κ2) is 11.6. The van der Waals surface area contributed by atoms with Gasteiger partial charge in [0.2, 0.25) is 5.88 Å². The number of carbonyl (C=O) groups is 1. The molecular weight excluding hydrogens is 527 g/mol. The van der Waals surface area contributed by atoms with E-state index in [0.717, 1.165) is 0 Å². The second-order valence-electron chi connectivity index (χ2n) is 8.04. The van der Waals surface area contributed by atoms with Crippen LogP contribution < -0.4 is 15.4 Å². The Morgan fingerprint density at radius 1 is 1.22 bits per heavy atom. The third kappa shape index (κ3) is 7.69. The van der Waals surface area contributed by atoms with Crippen LogP contribution in [0.5, 0.6) is 5.88 Å². The third-order valence-corrected chi connectivity index (χ3v) is 4.87. The van der Waals surface area contributed by atoms with E-state index in [1.54, 1.807) is 19.0 Å². The molecule has 3 heterocycles. The summed E-state index contributed by atoms with van der Waals surface area (Å²) in [6.07, 6.45) is -7.42. The molecule has 0 aliphatic rings. The summed E-state index contributed by atoms with van der Waals surface area (Å²) in [7, 11) is 3.48. The van der Waals surface area contributed by atoms with Crippen LogP contribution in [0.25, 0.3) is 11.3 Å². The first-order valence-corrected chi connectivity index (χ1v) is 11.0. The highest BCUT2D eigenvalue weighted by atomic mass is 35.5. The summed E-state index contributed by atoms with van der Waals surface area (Å²) in [5.41, 5.74) is -0.256. The van der Waals surface area contributed by atoms with Crippen molar-refractivity contribution in [3.8, 4) is 17.1 Å². The van der Waals surface area contributed by atoms with E-state index in [0.29, 0.717) is 5.56 Å². The summed E-state index contributed by atoms with van der Waals surface area (Å²) in [5, 5.41) is 18.6. The van der Waals surface area contributed by atoms with Crippen LogP contribution in [0.2, 0.25) is 5.15 Å². The molecule has 0 spiro atoms. The van der Waals surface area contributed by atoms with Gasteiger partial charge in [-0.3, -0.25) is 5.10 Å². The molecule has 0 atom stereocenters. The van der Waals surface area contributed by atoms with Gasteiger partial charge in [-0.1, -0.05) is 11.6 Å². The van der Waals surface area contributed by atoms with Crippen molar-refractivity contribution in [3.63, 3.8) is 0 Å². The molecule has 3 N–H and O–H groups in total. The first-order valence-electron chi connectivity index (χ1n) is 10.6. The van der Waals surface area contributed by atoms with Crippen molar-refractivity contribution in [3.05, 3.63) is 46.0 Å². The van der Waals surface area contributed by atoms with Gasteiger partial charge in [0.1, 0.15) is 10.8 Å². The van der Waals surface area contributed by atoms with Crippen LogP contribution in [0.4, 0.5) is 32.4 Å². The average Bonchev–Trinajstić information content (AvgIpc) is 3.17. The van der Waals surface area contributed by atoms with Crippen LogP contribution in [-0.2, 0) is 19.3 Å². The van der Waals surface area contributed by atoms with Crippen LogP contribution in [0, 0.1) is 6.92 Å². The SMILES string of the molecule is Cc1[nH]nc(C(F)(F)F)c1-c1nnc(CNC(=O)Nc2cc(Cl)nc(OCC(F)F)c2)cc1CN(C)C. The fourth-order valence-corrected chi connectivity index (χ4v) is 3.47. The number of amides is 2. The van der Waals surface area contributed by atoms with Gasteiger partial charge >= 0.3 is 12.2 Å². The lowest BCUT2D eigenvalue weighted by Gasteiger charge is -2.16. The molecular formula is C21H22ClF5N8O2. The van der Waals surface area contributed by atoms with Crippen molar-refractivity contribution >= 4 is 23.3 Å². The van der Waals surface area contributed by atoms with Gasteiger partial charge in [-0.15, -0.1) is 5.10 Å². The van der Waals surface area contributed by atoms with Crippen molar-refractivity contribution in [2.24, 2.45) is 0 Å². The van der Waals surface area contributed by atoms with Crippen LogP contribution in [0.1, 0.15) is 22.6 Å². The van der Waals surface area contributed by atoms with Gasteiger partial charge in [0.15, 0.2) is 12.3 Å². The lowest BCUT2D eigenvalue weighted by molar-refractivity contribution is -0.140. The Labute approximate surface area is 212 Å². The number of nitrogens with one attached hydrogen (secondary N) is 3. The zero-order valence-electron chi connectivity index (χ0n) is 19.8. The van der Waals surface area contributed by atoms with E-state index in [9.17, 15) is 26.7 Å². The van der Waals surface area contributed by atoms with E-state index in [1.807, 2.05) is 0 Å². The van der Waals surface area contributed by atoms with Gasteiger partial charge in [0, 0.05) is 18.3 Å². The largest absolute Gasteiger partial charge is 0.471 e. The van der Waals surface area contributed by atoms with Crippen molar-refractivity contribution in [1.82, 2.24) is 35.6 Å². The number of halogens is 6. The molecule has 0 aliphatic carbocycles. The molecule has 3 rings (SSSR count). The number of urea groups is 1. The number of nitrogens with zero attached hydrogens (tertiary/aromatic N) is 5. The Bertz CT molecular complexity index is 1250. The van der Waals surface area contributed by atoms with Crippen molar-refractivity contribution in [2.45, 2.75) is 32.6 Å². The standard InChI is InChI=1S/C21H22ClF5N8O2/c1-10-17(19(34-31-10)21(25,26)27)18-11(8-35(2)3)4-13(32-33-18)7-28-20(36)29-12-5-14(22)30-16(6-12)37-9-15(23)24/h4-6,15H,7-9H2,1-3H3,(H,31,34)(H2,28,29,30,36). The van der Waals surface area contributed by atoms with Gasteiger partial charge in [-0.25, -0.2) is 18.6 Å². The van der Waals surface area contributed by atoms with Crippen LogP contribution in [-0.4, -0.2) is 63.4 Å². The number of aryl methyl sites for hydroxylation is 1. The second-order valence-corrected chi connectivity index (χ2v) is 8.43. The summed E-state index contributed by atoms with van der Waals surface area (Å²) in [6, 6.07) is 3.33. The smallest absolute Gasteiger partial charge is 0.435 e. The van der Waals surface area contributed by atoms with Gasteiger partial charge < -0.3 is 20.3 Å². The highest BCUT2D eigenvalue weighted by molar-refractivity contribution is 6.29. The minimum Gasteiger partial charge on any atom is -0.471 e. The lowest BCUT2D eigenvalue weighted by atomic mass is 10.0. The maximum absolute atomic E-state index is 13.5. The molecule has 0 unspecified atom stereocenters. The number of rotatable bonds is 9. The summed E-state index contributed by atoms with van der Waals surface area (Å²) < 4.78 is 70.0. The normalized spacial score (nSPS) is 11.8. The Hall–Kier alpha value is -3.59. The molecule has 200 valence electrons. The molecule has 0 bridgehead atoms. The zero-order chi connectivity index (χ0) is 27.3. The van der Waals surface area contributed by atoms with Crippen LogP contribution in [0.15, 0.2) is 18.2 Å². The first kappa shape index (κ1) is 28.0. The highest BCUT2D eigenvalue weighted by Crippen LogP contribution is 2.37. The lowest BCUT2D eigenvalue weighted by Crippen LogP contribution is -2.29. The fourth-order valence-electron chi connectivity index (χ4n) is 3.27. The summed E-state index contributed by atoms with van der Waals surface area (Å²) >= 11 is 5.84. The van der Waals surface area contributed by atoms with Crippen molar-refractivity contribution in [2.75, 3.05) is 26.0 Å². The summed E-state index contributed by atoms with van der Waals surface area (Å²) in [4.78, 5) is 17.8. The number of aromatic amines is 1. The zero-order valence-corrected chi connectivity index (χ0v) is 20.5. The number of ether oxygens (including phenoxy) is 1. The van der Waals surface area contributed by atoms with Crippen LogP contribution in [0.3, 0.4) is 0 Å². The molecule has 0 aromatic carbocycles. The minimum atomic E-state index is -4.70. The molecule has 0 fully saturated rings. The molecule has 3 aromatic rings. The predicted octanol–water partition coefficient (Wildman–Crippen LogP) is 4.27. The van der Waals surface area contributed by atoms with Gasteiger partial charge in [0.25, 0.3) is 6.43 Å². The monoisotopic (exact) mass is 548 g/mol. The van der Waals surface area contributed by atoms with Gasteiger partial charge in [0.05, 0.1) is 23.5 Å². The Morgan fingerprint density at radius 2 is 1.95 bits per heavy atom. The number of hydrogen-bond donors (Lipinski definition) is 3. The van der Waals surface area contributed by atoms with Gasteiger partial charge in [-0.05, 0) is 38.7 Å². The highest BCUT2D eigenvalue weighted by Gasteiger charge is 2.39. The summed E-state index contributed by atoms with van der Waals surface area (Å²) in [6.45, 7) is 0.673. The predicted molar refractivity (Wildman–Crippen MR) is 123 cm³/mol. The van der Waals surface area contributed by atoms with E-state index in [1.165, 1.54) is 25.1 Å². The Kier molecular flexibility index (Phi) is 8.81. The molecule has 0 aliphatic heterocycles.